The molecule has 0 aliphatic heterocycles. The number of ether oxygens (including phenoxy) is 2. The number of hydrogen-bond acceptors (Lipinski definition) is 6. The molecule has 1 heterocycles. The number of thioether (sulfide) groups is 1. The maximum absolute atomic E-state index is 13.0. The molecule has 0 saturated heterocycles. The van der Waals surface area contributed by atoms with Crippen LogP contribution >= 0.6 is 27.7 Å². The zero-order valence-electron chi connectivity index (χ0n) is 15.6. The van der Waals surface area contributed by atoms with Crippen molar-refractivity contribution in [3.63, 3.8) is 0 Å². The minimum absolute atomic E-state index is 0.0509. The summed E-state index contributed by atoms with van der Waals surface area (Å²) in [5.41, 5.74) is -0.310. The fourth-order valence-electron chi connectivity index (χ4n) is 2.78. The smallest absolute Gasteiger partial charge is 0.461 e. The first-order valence-electron chi connectivity index (χ1n) is 8.49. The van der Waals surface area contributed by atoms with E-state index in [1.165, 1.54) is 28.6 Å². The fraction of sp³-hybridized carbons (Fsp3) is 0.211. The van der Waals surface area contributed by atoms with Crippen molar-refractivity contribution in [1.82, 2.24) is 9.78 Å². The Morgan fingerprint density at radius 3 is 2.43 bits per heavy atom. The summed E-state index contributed by atoms with van der Waals surface area (Å²) in [4.78, 5) is 25.9. The zero-order chi connectivity index (χ0) is 22.1. The van der Waals surface area contributed by atoms with Crippen molar-refractivity contribution in [3.05, 3.63) is 56.8 Å². The van der Waals surface area contributed by atoms with E-state index < -0.39 is 29.2 Å². The fourth-order valence-corrected chi connectivity index (χ4v) is 4.26. The summed E-state index contributed by atoms with van der Waals surface area (Å²) in [5, 5.41) is 4.38. The topological polar surface area (TPSA) is 70.4 Å². The molecule has 0 amide bonds. The molecule has 0 bridgehead atoms. The molecule has 11 heteroatoms. The van der Waals surface area contributed by atoms with E-state index in [2.05, 4.69) is 25.8 Å². The Balaban J connectivity index is 2.27. The highest BCUT2D eigenvalue weighted by Crippen LogP contribution is 2.33. The van der Waals surface area contributed by atoms with Crippen LogP contribution in [0, 0.1) is 0 Å². The molecule has 158 valence electrons. The van der Waals surface area contributed by atoms with Crippen LogP contribution in [-0.4, -0.2) is 35.0 Å². The Kier molecular flexibility index (Phi) is 6.41. The maximum Gasteiger partial charge on any atom is 0.573 e. The first-order chi connectivity index (χ1) is 14.2. The molecule has 0 radical (unpaired) electrons. The highest BCUT2D eigenvalue weighted by Gasteiger charge is 2.31. The summed E-state index contributed by atoms with van der Waals surface area (Å²) in [6.45, 7) is 1.65. The van der Waals surface area contributed by atoms with Gasteiger partial charge in [0.05, 0.1) is 23.2 Å². The molecule has 1 aromatic heterocycles. The van der Waals surface area contributed by atoms with Crippen LogP contribution in [0.15, 0.2) is 50.6 Å². The van der Waals surface area contributed by atoms with Crippen LogP contribution < -0.4 is 10.2 Å². The Hall–Kier alpha value is -2.53. The van der Waals surface area contributed by atoms with Crippen LogP contribution in [0.4, 0.5) is 13.2 Å². The Bertz CT molecular complexity index is 1160. The molecule has 0 saturated carbocycles. The van der Waals surface area contributed by atoms with Gasteiger partial charge in [-0.05, 0) is 65.5 Å². The number of rotatable bonds is 5. The number of fused-ring (bicyclic) bond motifs is 1. The van der Waals surface area contributed by atoms with Crippen molar-refractivity contribution in [3.8, 4) is 11.4 Å². The summed E-state index contributed by atoms with van der Waals surface area (Å²) in [5.74, 6) is -1.29. The van der Waals surface area contributed by atoms with Gasteiger partial charge in [0.2, 0.25) is 11.1 Å². The molecule has 3 rings (SSSR count). The van der Waals surface area contributed by atoms with E-state index in [0.29, 0.717) is 20.6 Å². The van der Waals surface area contributed by atoms with Crippen molar-refractivity contribution < 1.29 is 27.4 Å². The summed E-state index contributed by atoms with van der Waals surface area (Å²) in [6.07, 6.45) is -3.04. The van der Waals surface area contributed by atoms with Crippen molar-refractivity contribution in [2.75, 3.05) is 12.9 Å². The second-order valence-corrected chi connectivity index (χ2v) is 7.50. The molecule has 3 aromatic rings. The van der Waals surface area contributed by atoms with Crippen LogP contribution in [0.5, 0.6) is 5.75 Å². The number of alkyl halides is 3. The van der Waals surface area contributed by atoms with E-state index in [1.807, 2.05) is 0 Å². The molecule has 0 spiro atoms. The van der Waals surface area contributed by atoms with Gasteiger partial charge in [0, 0.05) is 9.37 Å². The molecule has 0 fully saturated rings. The van der Waals surface area contributed by atoms with Crippen LogP contribution in [0.2, 0.25) is 0 Å². The second kappa shape index (κ2) is 8.68. The van der Waals surface area contributed by atoms with E-state index in [9.17, 15) is 22.8 Å². The standard InChI is InChI=1S/C19H14BrF3N2O4S/c1-3-28-18(27)15-16(26)14-13(9-8-12(20)17(14)30-2)25(24-15)10-4-6-11(7-5-10)29-19(21,22)23/h4-9H,3H2,1-2H3. The van der Waals surface area contributed by atoms with Gasteiger partial charge in [0.1, 0.15) is 5.75 Å². The Labute approximate surface area is 181 Å². The molecule has 0 aliphatic rings. The SMILES string of the molecule is CCOC(=O)c1nn(-c2ccc(OC(F)(F)F)cc2)c2ccc(Br)c(SC)c2c1=O. The van der Waals surface area contributed by atoms with Gasteiger partial charge in [-0.2, -0.15) is 5.10 Å². The lowest BCUT2D eigenvalue weighted by Gasteiger charge is -2.15. The Morgan fingerprint density at radius 1 is 1.20 bits per heavy atom. The molecule has 30 heavy (non-hydrogen) atoms. The first-order valence-corrected chi connectivity index (χ1v) is 10.5. The van der Waals surface area contributed by atoms with E-state index >= 15 is 0 Å². The number of carbonyl (C=O) groups is 1. The van der Waals surface area contributed by atoms with Crippen LogP contribution in [0.1, 0.15) is 17.4 Å². The highest BCUT2D eigenvalue weighted by molar-refractivity contribution is 9.10. The number of hydrogen-bond donors (Lipinski definition) is 0. The van der Waals surface area contributed by atoms with Gasteiger partial charge in [0.15, 0.2) is 0 Å². The van der Waals surface area contributed by atoms with Crippen molar-refractivity contribution >= 4 is 44.6 Å². The normalized spacial score (nSPS) is 11.5. The number of halogens is 4. The third kappa shape index (κ3) is 4.46. The van der Waals surface area contributed by atoms with Gasteiger partial charge in [-0.25, -0.2) is 9.48 Å². The molecule has 0 atom stereocenters. The monoisotopic (exact) mass is 502 g/mol. The quantitative estimate of drug-likeness (QED) is 0.363. The van der Waals surface area contributed by atoms with Gasteiger partial charge in [-0.15, -0.1) is 24.9 Å². The van der Waals surface area contributed by atoms with Crippen molar-refractivity contribution in [2.45, 2.75) is 18.2 Å². The summed E-state index contributed by atoms with van der Waals surface area (Å²) >= 11 is 4.69. The lowest BCUT2D eigenvalue weighted by Crippen LogP contribution is -2.24. The minimum Gasteiger partial charge on any atom is -0.461 e. The van der Waals surface area contributed by atoms with E-state index in [1.54, 1.807) is 25.3 Å². The lowest BCUT2D eigenvalue weighted by molar-refractivity contribution is -0.274. The summed E-state index contributed by atoms with van der Waals surface area (Å²) < 4.78 is 48.1. The molecular formula is C19H14BrF3N2O4S. The maximum atomic E-state index is 13.0. The third-order valence-corrected chi connectivity index (χ3v) is 5.70. The van der Waals surface area contributed by atoms with E-state index in [-0.39, 0.29) is 12.0 Å². The van der Waals surface area contributed by atoms with Gasteiger partial charge < -0.3 is 9.47 Å². The van der Waals surface area contributed by atoms with Gasteiger partial charge in [-0.1, -0.05) is 0 Å². The number of carbonyl (C=O) groups excluding carboxylic acids is 1. The third-order valence-electron chi connectivity index (χ3n) is 3.95. The van der Waals surface area contributed by atoms with Crippen LogP contribution in [-0.2, 0) is 4.74 Å². The number of aromatic nitrogens is 2. The first kappa shape index (κ1) is 22.2. The molecule has 6 nitrogen and oxygen atoms in total. The number of benzene rings is 2. The molecular weight excluding hydrogens is 489 g/mol. The summed E-state index contributed by atoms with van der Waals surface area (Å²) in [7, 11) is 0. The van der Waals surface area contributed by atoms with E-state index in [4.69, 9.17) is 4.74 Å². The molecule has 0 unspecified atom stereocenters. The minimum atomic E-state index is -4.82. The van der Waals surface area contributed by atoms with Crippen molar-refractivity contribution in [1.29, 1.82) is 0 Å². The Morgan fingerprint density at radius 2 is 1.87 bits per heavy atom. The predicted octanol–water partition coefficient (Wildman–Crippen LogP) is 4.95. The lowest BCUT2D eigenvalue weighted by atomic mass is 10.2. The van der Waals surface area contributed by atoms with Crippen LogP contribution in [0.25, 0.3) is 16.6 Å². The summed E-state index contributed by atoms with van der Waals surface area (Å²) in [6, 6.07) is 8.26. The predicted molar refractivity (Wildman–Crippen MR) is 109 cm³/mol. The molecule has 2 aromatic carbocycles. The zero-order valence-corrected chi connectivity index (χ0v) is 18.0. The van der Waals surface area contributed by atoms with E-state index in [0.717, 1.165) is 12.1 Å². The number of nitrogens with zero attached hydrogens (tertiary/aromatic N) is 2. The second-order valence-electron chi connectivity index (χ2n) is 5.83. The number of esters is 1. The van der Waals surface area contributed by atoms with Crippen LogP contribution in [0.3, 0.4) is 0 Å². The van der Waals surface area contributed by atoms with Gasteiger partial charge >= 0.3 is 12.3 Å². The average molecular weight is 503 g/mol. The van der Waals surface area contributed by atoms with Gasteiger partial charge in [-0.3, -0.25) is 4.79 Å². The van der Waals surface area contributed by atoms with Gasteiger partial charge in [0.25, 0.3) is 0 Å². The molecule has 0 aliphatic carbocycles. The highest BCUT2D eigenvalue weighted by atomic mass is 79.9. The van der Waals surface area contributed by atoms with Crippen molar-refractivity contribution in [2.24, 2.45) is 0 Å². The largest absolute Gasteiger partial charge is 0.573 e. The molecule has 0 N–H and O–H groups in total. The average Bonchev–Trinajstić information content (AvgIpc) is 2.68.